The van der Waals surface area contributed by atoms with Crippen molar-refractivity contribution < 1.29 is 17.9 Å². The van der Waals surface area contributed by atoms with Gasteiger partial charge < -0.3 is 9.72 Å². The third kappa shape index (κ3) is 5.97. The van der Waals surface area contributed by atoms with Crippen molar-refractivity contribution in [3.8, 4) is 28.5 Å². The first-order chi connectivity index (χ1) is 19.8. The Hall–Kier alpha value is -4.57. The summed E-state index contributed by atoms with van der Waals surface area (Å²) in [7, 11) is -3.87. The lowest BCUT2D eigenvalue weighted by Gasteiger charge is -2.27. The summed E-state index contributed by atoms with van der Waals surface area (Å²) >= 11 is 0. The molecule has 0 spiro atoms. The van der Waals surface area contributed by atoms with Gasteiger partial charge in [-0.05, 0) is 80.6 Å². The number of fused-ring (bicyclic) bond motifs is 1. The number of rotatable bonds is 7. The summed E-state index contributed by atoms with van der Waals surface area (Å²) in [5.74, 6) is 0.434. The molecule has 1 fully saturated rings. The number of hydrogen-bond acceptors (Lipinski definition) is 7. The van der Waals surface area contributed by atoms with E-state index in [1.54, 1.807) is 30.6 Å². The molecule has 0 radical (unpaired) electrons. The summed E-state index contributed by atoms with van der Waals surface area (Å²) in [5.41, 5.74) is 5.63. The van der Waals surface area contributed by atoms with E-state index in [0.29, 0.717) is 31.6 Å². The maximum absolute atomic E-state index is 12.6. The lowest BCUT2D eigenvalue weighted by molar-refractivity contribution is -0.124. The summed E-state index contributed by atoms with van der Waals surface area (Å²) in [6.45, 7) is 2.05. The molecule has 6 rings (SSSR count). The number of pyridine rings is 2. The van der Waals surface area contributed by atoms with Crippen molar-refractivity contribution >= 4 is 27.0 Å². The van der Waals surface area contributed by atoms with E-state index in [9.17, 15) is 13.2 Å². The van der Waals surface area contributed by atoms with Crippen LogP contribution < -0.4 is 9.46 Å². The molecule has 0 atom stereocenters. The fourth-order valence-electron chi connectivity index (χ4n) is 5.05. The van der Waals surface area contributed by atoms with E-state index in [2.05, 4.69) is 36.8 Å². The van der Waals surface area contributed by atoms with E-state index in [-0.39, 0.29) is 16.9 Å². The molecule has 0 saturated heterocycles. The van der Waals surface area contributed by atoms with Crippen molar-refractivity contribution in [2.24, 2.45) is 5.92 Å². The third-order valence-corrected chi connectivity index (χ3v) is 8.69. The van der Waals surface area contributed by atoms with Gasteiger partial charge in [-0.3, -0.25) is 9.78 Å². The molecular formula is C31H29N5O4S. The minimum atomic E-state index is -3.87. The summed E-state index contributed by atoms with van der Waals surface area (Å²) < 4.78 is 33.2. The second kappa shape index (κ2) is 11.1. The number of aryl methyl sites for hydroxylation is 1. The Morgan fingerprint density at radius 1 is 0.902 bits per heavy atom. The molecule has 1 aliphatic carbocycles. The second-order valence-corrected chi connectivity index (χ2v) is 12.0. The molecule has 0 bridgehead atoms. The number of ether oxygens (including phenoxy) is 1. The largest absolute Gasteiger partial charge is 0.474 e. The molecular weight excluding hydrogens is 538 g/mol. The second-order valence-electron chi connectivity index (χ2n) is 10.3. The van der Waals surface area contributed by atoms with E-state index >= 15 is 0 Å². The topological polar surface area (TPSA) is 127 Å². The van der Waals surface area contributed by atoms with Crippen LogP contribution >= 0.6 is 0 Å². The lowest BCUT2D eigenvalue weighted by atomic mass is 9.87. The molecule has 2 aromatic carbocycles. The first-order valence-electron chi connectivity index (χ1n) is 13.5. The molecule has 5 aromatic rings. The maximum Gasteiger partial charge on any atom is 0.264 e. The van der Waals surface area contributed by atoms with Gasteiger partial charge in [0.05, 0.1) is 21.6 Å². The molecule has 2 N–H and O–H groups in total. The van der Waals surface area contributed by atoms with Crippen LogP contribution in [0.4, 0.5) is 0 Å². The smallest absolute Gasteiger partial charge is 0.264 e. The van der Waals surface area contributed by atoms with Crippen molar-refractivity contribution in [2.75, 3.05) is 0 Å². The highest BCUT2D eigenvalue weighted by atomic mass is 32.2. The van der Waals surface area contributed by atoms with E-state index in [0.717, 1.165) is 39.2 Å². The zero-order chi connectivity index (χ0) is 28.4. The standard InChI is InChI=1S/C31H29N5O4S/c1-20-7-14-27-28(17-20)35-30(34-27)23-10-15-26(32-19-23)22-11-16-29(33-18-22)40-24-12-8-21(9-13-24)31(37)36-41(38,39)25-5-3-2-4-6-25/h2-7,10-11,14-19,21,24H,8-9,12-13H2,1H3,(H,34,35)(H,36,37)/t21-,24+. The minimum Gasteiger partial charge on any atom is -0.474 e. The molecule has 1 aliphatic rings. The van der Waals surface area contributed by atoms with Gasteiger partial charge >= 0.3 is 0 Å². The predicted octanol–water partition coefficient (Wildman–Crippen LogP) is 5.44. The number of nitrogens with one attached hydrogen (secondary N) is 2. The van der Waals surface area contributed by atoms with Gasteiger partial charge in [0.15, 0.2) is 0 Å². The van der Waals surface area contributed by atoms with Crippen LogP contribution in [0.3, 0.4) is 0 Å². The SMILES string of the molecule is Cc1ccc2[nH]c(-c3ccc(-c4ccc(O[C@H]5CC[C@@H](C(=O)NS(=O)(=O)c6ccccc6)CC5)nc4)nc3)nc2c1. The summed E-state index contributed by atoms with van der Waals surface area (Å²) in [6, 6.07) is 21.7. The number of carbonyl (C=O) groups excluding carboxylic acids is 1. The monoisotopic (exact) mass is 567 g/mol. The molecule has 1 amide bonds. The van der Waals surface area contributed by atoms with E-state index in [4.69, 9.17) is 4.74 Å². The van der Waals surface area contributed by atoms with Gasteiger partial charge in [0.25, 0.3) is 10.0 Å². The van der Waals surface area contributed by atoms with Crippen molar-refractivity contribution in [3.05, 3.63) is 90.8 Å². The van der Waals surface area contributed by atoms with Gasteiger partial charge in [-0.25, -0.2) is 23.1 Å². The van der Waals surface area contributed by atoms with Crippen LogP contribution in [0, 0.1) is 12.8 Å². The van der Waals surface area contributed by atoms with Crippen LogP contribution in [0.5, 0.6) is 5.88 Å². The molecule has 10 heteroatoms. The van der Waals surface area contributed by atoms with Crippen LogP contribution in [-0.2, 0) is 14.8 Å². The molecule has 0 aliphatic heterocycles. The van der Waals surface area contributed by atoms with Gasteiger partial charge in [0, 0.05) is 35.5 Å². The Labute approximate surface area is 238 Å². The number of nitrogens with zero attached hydrogens (tertiary/aromatic N) is 3. The summed E-state index contributed by atoms with van der Waals surface area (Å²) in [5, 5.41) is 0. The maximum atomic E-state index is 12.6. The summed E-state index contributed by atoms with van der Waals surface area (Å²) in [6.07, 6.45) is 5.79. The van der Waals surface area contributed by atoms with Crippen LogP contribution in [0.25, 0.3) is 33.7 Å². The number of imidazole rings is 1. The Kier molecular flexibility index (Phi) is 7.23. The number of benzene rings is 2. The fourth-order valence-corrected chi connectivity index (χ4v) is 6.11. The average molecular weight is 568 g/mol. The number of aromatic nitrogens is 4. The number of H-pyrrole nitrogens is 1. The number of aromatic amines is 1. The Balaban J connectivity index is 1.03. The summed E-state index contributed by atoms with van der Waals surface area (Å²) in [4.78, 5) is 29.8. The molecule has 41 heavy (non-hydrogen) atoms. The minimum absolute atomic E-state index is 0.0762. The molecule has 208 valence electrons. The van der Waals surface area contributed by atoms with Crippen molar-refractivity contribution in [3.63, 3.8) is 0 Å². The molecule has 3 heterocycles. The van der Waals surface area contributed by atoms with Crippen molar-refractivity contribution in [2.45, 2.75) is 43.6 Å². The highest BCUT2D eigenvalue weighted by Crippen LogP contribution is 2.29. The average Bonchev–Trinajstić information content (AvgIpc) is 3.42. The van der Waals surface area contributed by atoms with Crippen LogP contribution in [0.2, 0.25) is 0 Å². The number of amides is 1. The molecule has 0 unspecified atom stereocenters. The predicted molar refractivity (Wildman–Crippen MR) is 155 cm³/mol. The lowest BCUT2D eigenvalue weighted by Crippen LogP contribution is -2.38. The zero-order valence-corrected chi connectivity index (χ0v) is 23.3. The fraction of sp³-hybridized carbons (Fsp3) is 0.226. The van der Waals surface area contributed by atoms with Crippen LogP contribution in [0.15, 0.2) is 90.1 Å². The first-order valence-corrected chi connectivity index (χ1v) is 15.0. The van der Waals surface area contributed by atoms with Gasteiger partial charge in [-0.1, -0.05) is 24.3 Å². The van der Waals surface area contributed by atoms with Gasteiger partial charge in [0.2, 0.25) is 11.8 Å². The van der Waals surface area contributed by atoms with E-state index in [1.165, 1.54) is 12.1 Å². The highest BCUT2D eigenvalue weighted by molar-refractivity contribution is 7.90. The molecule has 3 aromatic heterocycles. The van der Waals surface area contributed by atoms with Gasteiger partial charge in [-0.2, -0.15) is 0 Å². The van der Waals surface area contributed by atoms with Crippen LogP contribution in [0.1, 0.15) is 31.2 Å². The van der Waals surface area contributed by atoms with Crippen molar-refractivity contribution in [1.82, 2.24) is 24.7 Å². The Bertz CT molecular complexity index is 1780. The van der Waals surface area contributed by atoms with Gasteiger partial charge in [0.1, 0.15) is 11.9 Å². The molecule has 9 nitrogen and oxygen atoms in total. The quantitative estimate of drug-likeness (QED) is 0.268. The molecule has 1 saturated carbocycles. The Morgan fingerprint density at radius 2 is 1.66 bits per heavy atom. The zero-order valence-electron chi connectivity index (χ0n) is 22.4. The third-order valence-electron chi connectivity index (χ3n) is 7.33. The number of hydrogen-bond donors (Lipinski definition) is 2. The van der Waals surface area contributed by atoms with Gasteiger partial charge in [-0.15, -0.1) is 0 Å². The van der Waals surface area contributed by atoms with E-state index < -0.39 is 15.9 Å². The van der Waals surface area contributed by atoms with E-state index in [1.807, 2.05) is 37.3 Å². The highest BCUT2D eigenvalue weighted by Gasteiger charge is 2.30. The van der Waals surface area contributed by atoms with Crippen LogP contribution in [-0.4, -0.2) is 40.4 Å². The normalized spacial score (nSPS) is 17.3. The first kappa shape index (κ1) is 26.6. The Morgan fingerprint density at radius 3 is 2.37 bits per heavy atom. The van der Waals surface area contributed by atoms with Crippen molar-refractivity contribution in [1.29, 1.82) is 0 Å². The number of carbonyl (C=O) groups is 1. The number of sulfonamides is 1.